The first-order valence-electron chi connectivity index (χ1n) is 6.29. The summed E-state index contributed by atoms with van der Waals surface area (Å²) in [5, 5.41) is 15.4. The van der Waals surface area contributed by atoms with Crippen LogP contribution in [-0.2, 0) is 9.59 Å². The fourth-order valence-electron chi connectivity index (χ4n) is 1.26. The Labute approximate surface area is 123 Å². The van der Waals surface area contributed by atoms with Gasteiger partial charge >= 0.3 is 11.8 Å². The molecule has 1 unspecified atom stereocenters. The third-order valence-electron chi connectivity index (χ3n) is 3.16. The minimum absolute atomic E-state index is 0.0114. The third-order valence-corrected chi connectivity index (χ3v) is 3.41. The Morgan fingerprint density at radius 2 is 1.80 bits per heavy atom. The molecule has 1 aromatic carbocycles. The Hall–Kier alpha value is -1.59. The Morgan fingerprint density at radius 1 is 1.25 bits per heavy atom. The van der Waals surface area contributed by atoms with Crippen molar-refractivity contribution in [1.82, 2.24) is 5.32 Å². The molecule has 0 aliphatic heterocycles. The molecule has 1 rings (SSSR count). The van der Waals surface area contributed by atoms with Crippen molar-refractivity contribution in [2.45, 2.75) is 26.4 Å². The topological polar surface area (TPSA) is 78.4 Å². The van der Waals surface area contributed by atoms with Gasteiger partial charge in [0.25, 0.3) is 0 Å². The van der Waals surface area contributed by atoms with Crippen molar-refractivity contribution in [3.63, 3.8) is 0 Å². The SMILES string of the molecule is CC(C)C(C)(O)CNC(=O)C(=O)Nc1ccc(Cl)cc1. The molecule has 20 heavy (non-hydrogen) atoms. The molecule has 0 saturated carbocycles. The summed E-state index contributed by atoms with van der Waals surface area (Å²) in [6, 6.07) is 6.41. The summed E-state index contributed by atoms with van der Waals surface area (Å²) in [4.78, 5) is 23.3. The van der Waals surface area contributed by atoms with Gasteiger partial charge in [-0.15, -0.1) is 0 Å². The van der Waals surface area contributed by atoms with E-state index in [-0.39, 0.29) is 12.5 Å². The summed E-state index contributed by atoms with van der Waals surface area (Å²) < 4.78 is 0. The average molecular weight is 299 g/mol. The van der Waals surface area contributed by atoms with E-state index in [2.05, 4.69) is 10.6 Å². The fraction of sp³-hybridized carbons (Fsp3) is 0.429. The molecule has 0 fully saturated rings. The van der Waals surface area contributed by atoms with Crippen molar-refractivity contribution in [2.24, 2.45) is 5.92 Å². The molecule has 5 nitrogen and oxygen atoms in total. The van der Waals surface area contributed by atoms with Gasteiger partial charge in [0.1, 0.15) is 0 Å². The van der Waals surface area contributed by atoms with E-state index in [1.807, 2.05) is 13.8 Å². The zero-order valence-corrected chi connectivity index (χ0v) is 12.5. The first kappa shape index (κ1) is 16.5. The van der Waals surface area contributed by atoms with Crippen LogP contribution in [-0.4, -0.2) is 29.1 Å². The standard InChI is InChI=1S/C14H19ClN2O3/c1-9(2)14(3,20)8-16-12(18)13(19)17-11-6-4-10(15)5-7-11/h4-7,9,20H,8H2,1-3H3,(H,16,18)(H,17,19). The number of aliphatic hydroxyl groups is 1. The lowest BCUT2D eigenvalue weighted by Crippen LogP contribution is -2.47. The van der Waals surface area contributed by atoms with Crippen molar-refractivity contribution < 1.29 is 14.7 Å². The Kier molecular flexibility index (Phi) is 5.53. The summed E-state index contributed by atoms with van der Waals surface area (Å²) in [5.41, 5.74) is -0.582. The highest BCUT2D eigenvalue weighted by Gasteiger charge is 2.26. The molecule has 2 amide bonds. The molecule has 0 saturated heterocycles. The van der Waals surface area contributed by atoms with E-state index in [1.54, 1.807) is 31.2 Å². The maximum absolute atomic E-state index is 11.6. The molecule has 0 spiro atoms. The number of anilines is 1. The molecule has 0 aliphatic carbocycles. The molecule has 0 radical (unpaired) electrons. The molecule has 1 atom stereocenters. The first-order chi connectivity index (χ1) is 9.22. The van der Waals surface area contributed by atoms with Crippen LogP contribution in [0.15, 0.2) is 24.3 Å². The fourth-order valence-corrected chi connectivity index (χ4v) is 1.39. The van der Waals surface area contributed by atoms with Crippen LogP contribution < -0.4 is 10.6 Å². The van der Waals surface area contributed by atoms with Gasteiger partial charge in [0.15, 0.2) is 0 Å². The van der Waals surface area contributed by atoms with Crippen LogP contribution in [0.4, 0.5) is 5.69 Å². The molecule has 3 N–H and O–H groups in total. The number of hydrogen-bond donors (Lipinski definition) is 3. The number of carbonyl (C=O) groups excluding carboxylic acids is 2. The molecular formula is C14H19ClN2O3. The van der Waals surface area contributed by atoms with Crippen molar-refractivity contribution >= 4 is 29.1 Å². The van der Waals surface area contributed by atoms with Crippen LogP contribution in [0.1, 0.15) is 20.8 Å². The van der Waals surface area contributed by atoms with E-state index >= 15 is 0 Å². The number of amides is 2. The molecular weight excluding hydrogens is 280 g/mol. The second-order valence-electron chi connectivity index (χ2n) is 5.16. The Balaban J connectivity index is 2.52. The van der Waals surface area contributed by atoms with Gasteiger partial charge < -0.3 is 15.7 Å². The molecule has 110 valence electrons. The maximum atomic E-state index is 11.6. The van der Waals surface area contributed by atoms with Crippen LogP contribution in [0.25, 0.3) is 0 Å². The minimum atomic E-state index is -1.06. The summed E-state index contributed by atoms with van der Waals surface area (Å²) in [5.74, 6) is -1.62. The highest BCUT2D eigenvalue weighted by molar-refractivity contribution is 6.39. The summed E-state index contributed by atoms with van der Waals surface area (Å²) in [6.07, 6.45) is 0. The van der Waals surface area contributed by atoms with E-state index in [4.69, 9.17) is 11.6 Å². The van der Waals surface area contributed by atoms with E-state index in [9.17, 15) is 14.7 Å². The average Bonchev–Trinajstić information content (AvgIpc) is 2.38. The third kappa shape index (κ3) is 4.83. The number of nitrogens with one attached hydrogen (secondary N) is 2. The van der Waals surface area contributed by atoms with E-state index in [1.165, 1.54) is 0 Å². The summed E-state index contributed by atoms with van der Waals surface area (Å²) in [6.45, 7) is 5.28. The van der Waals surface area contributed by atoms with E-state index < -0.39 is 17.4 Å². The molecule has 0 aliphatic rings. The predicted octanol–water partition coefficient (Wildman–Crippen LogP) is 1.80. The lowest BCUT2D eigenvalue weighted by atomic mass is 9.92. The highest BCUT2D eigenvalue weighted by atomic mass is 35.5. The van der Waals surface area contributed by atoms with Gasteiger partial charge in [0, 0.05) is 17.3 Å². The molecule has 0 aromatic heterocycles. The molecule has 6 heteroatoms. The normalized spacial score (nSPS) is 13.7. The summed E-state index contributed by atoms with van der Waals surface area (Å²) in [7, 11) is 0. The maximum Gasteiger partial charge on any atom is 0.313 e. The highest BCUT2D eigenvalue weighted by Crippen LogP contribution is 2.15. The van der Waals surface area contributed by atoms with Crippen LogP contribution in [0.2, 0.25) is 5.02 Å². The Bertz CT molecular complexity index is 484. The van der Waals surface area contributed by atoms with Gasteiger partial charge in [-0.3, -0.25) is 9.59 Å². The predicted molar refractivity (Wildman–Crippen MR) is 78.6 cm³/mol. The lowest BCUT2D eigenvalue weighted by molar-refractivity contribution is -0.137. The van der Waals surface area contributed by atoms with Gasteiger partial charge in [-0.25, -0.2) is 0 Å². The van der Waals surface area contributed by atoms with Gasteiger partial charge in [-0.1, -0.05) is 25.4 Å². The number of rotatable bonds is 4. The van der Waals surface area contributed by atoms with Gasteiger partial charge in [-0.05, 0) is 37.1 Å². The van der Waals surface area contributed by atoms with Crippen LogP contribution in [0, 0.1) is 5.92 Å². The zero-order valence-electron chi connectivity index (χ0n) is 11.7. The molecule has 0 heterocycles. The smallest absolute Gasteiger partial charge is 0.313 e. The van der Waals surface area contributed by atoms with Gasteiger partial charge in [0.2, 0.25) is 0 Å². The minimum Gasteiger partial charge on any atom is -0.388 e. The number of halogens is 1. The number of carbonyl (C=O) groups is 2. The van der Waals surface area contributed by atoms with Gasteiger partial charge in [0.05, 0.1) is 5.60 Å². The van der Waals surface area contributed by atoms with Crippen LogP contribution >= 0.6 is 11.6 Å². The second kappa shape index (κ2) is 6.72. The molecule has 1 aromatic rings. The first-order valence-corrected chi connectivity index (χ1v) is 6.67. The lowest BCUT2D eigenvalue weighted by Gasteiger charge is -2.27. The zero-order chi connectivity index (χ0) is 15.3. The van der Waals surface area contributed by atoms with E-state index in [0.717, 1.165) is 0 Å². The molecule has 0 bridgehead atoms. The van der Waals surface area contributed by atoms with Crippen molar-refractivity contribution in [3.05, 3.63) is 29.3 Å². The monoisotopic (exact) mass is 298 g/mol. The number of benzene rings is 1. The van der Waals surface area contributed by atoms with E-state index in [0.29, 0.717) is 10.7 Å². The van der Waals surface area contributed by atoms with Gasteiger partial charge in [-0.2, -0.15) is 0 Å². The summed E-state index contributed by atoms with van der Waals surface area (Å²) >= 11 is 5.72. The number of hydrogen-bond acceptors (Lipinski definition) is 3. The van der Waals surface area contributed by atoms with Crippen LogP contribution in [0.3, 0.4) is 0 Å². The van der Waals surface area contributed by atoms with Crippen molar-refractivity contribution in [1.29, 1.82) is 0 Å². The van der Waals surface area contributed by atoms with Crippen LogP contribution in [0.5, 0.6) is 0 Å². The Morgan fingerprint density at radius 3 is 2.30 bits per heavy atom. The second-order valence-corrected chi connectivity index (χ2v) is 5.59. The van der Waals surface area contributed by atoms with Crippen molar-refractivity contribution in [3.8, 4) is 0 Å². The van der Waals surface area contributed by atoms with Crippen molar-refractivity contribution in [2.75, 3.05) is 11.9 Å². The quantitative estimate of drug-likeness (QED) is 0.742. The largest absolute Gasteiger partial charge is 0.388 e.